The fourth-order valence-corrected chi connectivity index (χ4v) is 7.01. The predicted octanol–water partition coefficient (Wildman–Crippen LogP) is 8.48. The Balaban J connectivity index is 1.33. The first-order chi connectivity index (χ1) is 23.0. The van der Waals surface area contributed by atoms with Crippen LogP contribution in [0.15, 0.2) is 66.7 Å². The van der Waals surface area contributed by atoms with E-state index < -0.39 is 46.9 Å². The minimum atomic E-state index is -5.12. The molecule has 0 bridgehead atoms. The molecule has 1 N–H and O–H groups in total. The summed E-state index contributed by atoms with van der Waals surface area (Å²) in [5.41, 5.74) is -2.78. The summed E-state index contributed by atoms with van der Waals surface area (Å²) in [6.07, 6.45) is -7.72. The molecule has 0 spiro atoms. The second-order valence-electron chi connectivity index (χ2n) is 12.5. The molecular weight excluding hydrogens is 695 g/mol. The molecule has 49 heavy (non-hydrogen) atoms. The topological polar surface area (TPSA) is 69.7 Å². The van der Waals surface area contributed by atoms with Gasteiger partial charge in [-0.05, 0) is 80.1 Å². The van der Waals surface area contributed by atoms with Crippen LogP contribution in [0.4, 0.5) is 26.3 Å². The van der Waals surface area contributed by atoms with Gasteiger partial charge in [-0.2, -0.15) is 26.3 Å². The monoisotopic (exact) mass is 727 g/mol. The first-order valence-corrected chi connectivity index (χ1v) is 16.4. The standard InChI is InChI=1S/C35H33Cl2F6N3O3/c1-45(32(48)23-15-24(34(38,39)40)18-25(16-23)35(41,42)43)30-13-14-46(19-27(30)22-9-12-28(36)29(37)17-22)33(49)21-7-10-26(11-8-21)44-31(47)20-5-3-2-4-6-20/h2-6,9,12,15-18,21,26-27,30H,7-8,10-11,13-14,19H2,1H3,(H,44,47)/t21?,26?,27-,30+/m0/s1. The third-order valence-corrected chi connectivity index (χ3v) is 10.1. The van der Waals surface area contributed by atoms with Gasteiger partial charge in [0, 0.05) is 55.2 Å². The number of nitrogens with one attached hydrogen (secondary N) is 1. The quantitative estimate of drug-likeness (QED) is 0.259. The van der Waals surface area contributed by atoms with E-state index in [1.165, 1.54) is 7.05 Å². The molecule has 1 saturated heterocycles. The molecule has 3 aromatic carbocycles. The van der Waals surface area contributed by atoms with Crippen molar-refractivity contribution in [1.29, 1.82) is 0 Å². The molecule has 1 aliphatic heterocycles. The minimum Gasteiger partial charge on any atom is -0.349 e. The van der Waals surface area contributed by atoms with E-state index in [0.29, 0.717) is 48.9 Å². The van der Waals surface area contributed by atoms with E-state index in [4.69, 9.17) is 23.2 Å². The number of carbonyl (C=O) groups excluding carboxylic acids is 3. The van der Waals surface area contributed by atoms with E-state index in [0.717, 1.165) is 4.90 Å². The van der Waals surface area contributed by atoms with Gasteiger partial charge in [-0.15, -0.1) is 0 Å². The number of hydrogen-bond acceptors (Lipinski definition) is 3. The zero-order valence-electron chi connectivity index (χ0n) is 26.3. The van der Waals surface area contributed by atoms with Gasteiger partial charge in [-0.25, -0.2) is 0 Å². The number of rotatable bonds is 6. The lowest BCUT2D eigenvalue weighted by Gasteiger charge is -2.44. The van der Waals surface area contributed by atoms with Gasteiger partial charge in [0.05, 0.1) is 21.2 Å². The molecule has 1 saturated carbocycles. The van der Waals surface area contributed by atoms with Crippen LogP contribution in [0.25, 0.3) is 0 Å². The van der Waals surface area contributed by atoms with Gasteiger partial charge in [0.2, 0.25) is 5.91 Å². The highest BCUT2D eigenvalue weighted by atomic mass is 35.5. The summed E-state index contributed by atoms with van der Waals surface area (Å²) >= 11 is 12.5. The van der Waals surface area contributed by atoms with E-state index in [-0.39, 0.29) is 59.4 Å². The first-order valence-electron chi connectivity index (χ1n) is 15.7. The number of nitrogens with zero attached hydrogens (tertiary/aromatic N) is 2. The lowest BCUT2D eigenvalue weighted by atomic mass is 9.82. The molecule has 6 nitrogen and oxygen atoms in total. The Hall–Kier alpha value is -3.77. The van der Waals surface area contributed by atoms with Crippen LogP contribution in [-0.2, 0) is 17.1 Å². The van der Waals surface area contributed by atoms with Crippen LogP contribution >= 0.6 is 23.2 Å². The average Bonchev–Trinajstić information content (AvgIpc) is 3.08. The molecule has 1 aliphatic carbocycles. The van der Waals surface area contributed by atoms with Crippen molar-refractivity contribution < 1.29 is 40.7 Å². The molecule has 5 rings (SSSR count). The van der Waals surface area contributed by atoms with E-state index in [1.54, 1.807) is 47.4 Å². The highest BCUT2D eigenvalue weighted by molar-refractivity contribution is 6.42. The van der Waals surface area contributed by atoms with Crippen molar-refractivity contribution in [3.05, 3.63) is 105 Å². The van der Waals surface area contributed by atoms with Gasteiger partial charge >= 0.3 is 12.4 Å². The van der Waals surface area contributed by atoms with Crippen molar-refractivity contribution in [2.75, 3.05) is 20.1 Å². The van der Waals surface area contributed by atoms with Crippen LogP contribution in [0.3, 0.4) is 0 Å². The molecule has 1 heterocycles. The lowest BCUT2D eigenvalue weighted by molar-refractivity contribution is -0.143. The van der Waals surface area contributed by atoms with Crippen molar-refractivity contribution >= 4 is 40.9 Å². The van der Waals surface area contributed by atoms with Crippen LogP contribution in [0.5, 0.6) is 0 Å². The molecule has 0 unspecified atom stereocenters. The Morgan fingerprint density at radius 1 is 0.776 bits per heavy atom. The maximum atomic E-state index is 13.8. The largest absolute Gasteiger partial charge is 0.416 e. The molecule has 3 aromatic rings. The average molecular weight is 729 g/mol. The third-order valence-electron chi connectivity index (χ3n) is 9.36. The Bertz CT molecular complexity index is 1660. The molecule has 262 valence electrons. The summed E-state index contributed by atoms with van der Waals surface area (Å²) in [5.74, 6) is -2.20. The predicted molar refractivity (Wildman–Crippen MR) is 172 cm³/mol. The SMILES string of the molecule is CN(C(=O)c1cc(C(F)(F)F)cc(C(F)(F)F)c1)[C@@H]1CCN(C(=O)C2CCC(NC(=O)c3ccccc3)CC2)C[C@H]1c1ccc(Cl)c(Cl)c1. The smallest absolute Gasteiger partial charge is 0.349 e. The summed E-state index contributed by atoms with van der Waals surface area (Å²) in [7, 11) is 1.33. The fourth-order valence-electron chi connectivity index (χ4n) is 6.71. The van der Waals surface area contributed by atoms with Crippen LogP contribution in [0.1, 0.15) is 75.4 Å². The minimum absolute atomic E-state index is 0.0237. The van der Waals surface area contributed by atoms with Crippen molar-refractivity contribution in [2.45, 2.75) is 62.5 Å². The number of carbonyl (C=O) groups is 3. The Morgan fingerprint density at radius 2 is 1.39 bits per heavy atom. The van der Waals surface area contributed by atoms with E-state index >= 15 is 0 Å². The number of likely N-dealkylation sites (tertiary alicyclic amines) is 1. The number of hydrogen-bond donors (Lipinski definition) is 1. The van der Waals surface area contributed by atoms with Crippen LogP contribution < -0.4 is 5.32 Å². The summed E-state index contributed by atoms with van der Waals surface area (Å²) in [5, 5.41) is 3.50. The molecule has 0 aromatic heterocycles. The highest BCUT2D eigenvalue weighted by Crippen LogP contribution is 2.39. The van der Waals surface area contributed by atoms with Gasteiger partial charge in [0.15, 0.2) is 0 Å². The van der Waals surface area contributed by atoms with Gasteiger partial charge < -0.3 is 15.1 Å². The Labute approximate surface area is 289 Å². The molecule has 2 fully saturated rings. The van der Waals surface area contributed by atoms with Crippen LogP contribution in [-0.4, -0.2) is 59.7 Å². The van der Waals surface area contributed by atoms with Crippen molar-refractivity contribution in [1.82, 2.24) is 15.1 Å². The Kier molecular flexibility index (Phi) is 10.9. The molecular formula is C35H33Cl2F6N3O3. The zero-order chi connectivity index (χ0) is 35.7. The zero-order valence-corrected chi connectivity index (χ0v) is 27.8. The number of likely N-dealkylation sites (N-methyl/N-ethyl adjacent to an activating group) is 1. The van der Waals surface area contributed by atoms with Crippen LogP contribution in [0.2, 0.25) is 10.0 Å². The van der Waals surface area contributed by atoms with Crippen molar-refractivity contribution in [2.24, 2.45) is 5.92 Å². The number of piperidine rings is 1. The maximum Gasteiger partial charge on any atom is 0.416 e. The summed E-state index contributed by atoms with van der Waals surface area (Å²) in [4.78, 5) is 42.8. The second kappa shape index (κ2) is 14.6. The van der Waals surface area contributed by atoms with Crippen LogP contribution in [0, 0.1) is 5.92 Å². The summed E-state index contributed by atoms with van der Waals surface area (Å²) < 4.78 is 81.3. The molecule has 2 atom stereocenters. The van der Waals surface area contributed by atoms with Gasteiger partial charge in [-0.3, -0.25) is 14.4 Å². The number of halogens is 8. The first kappa shape index (κ1) is 36.5. The van der Waals surface area contributed by atoms with Crippen molar-refractivity contribution in [3.63, 3.8) is 0 Å². The molecule has 2 aliphatic rings. The normalized spacial score (nSPS) is 21.6. The number of benzene rings is 3. The maximum absolute atomic E-state index is 13.8. The van der Waals surface area contributed by atoms with Crippen molar-refractivity contribution in [3.8, 4) is 0 Å². The molecule has 0 radical (unpaired) electrons. The summed E-state index contributed by atoms with van der Waals surface area (Å²) in [6, 6.07) is 13.7. The van der Waals surface area contributed by atoms with E-state index in [9.17, 15) is 40.7 Å². The van der Waals surface area contributed by atoms with E-state index in [2.05, 4.69) is 5.32 Å². The number of alkyl halides is 6. The number of amides is 3. The molecule has 3 amide bonds. The Morgan fingerprint density at radius 3 is 1.96 bits per heavy atom. The third kappa shape index (κ3) is 8.52. The van der Waals surface area contributed by atoms with Gasteiger partial charge in [0.1, 0.15) is 0 Å². The lowest BCUT2D eigenvalue weighted by Crippen LogP contribution is -2.53. The highest BCUT2D eigenvalue weighted by Gasteiger charge is 2.41. The molecule has 14 heteroatoms. The van der Waals surface area contributed by atoms with E-state index in [1.807, 2.05) is 6.07 Å². The summed E-state index contributed by atoms with van der Waals surface area (Å²) in [6.45, 7) is 0.333. The van der Waals surface area contributed by atoms with Gasteiger partial charge in [-0.1, -0.05) is 47.5 Å². The fraction of sp³-hybridized carbons (Fsp3) is 0.400. The van der Waals surface area contributed by atoms with Gasteiger partial charge in [0.25, 0.3) is 11.8 Å². The second-order valence-corrected chi connectivity index (χ2v) is 13.3.